The van der Waals surface area contributed by atoms with Crippen molar-refractivity contribution in [3.8, 4) is 0 Å². The molecule has 1 N–H and O–H groups in total. The zero-order valence-corrected chi connectivity index (χ0v) is 11.1. The number of hydrogen-bond acceptors (Lipinski definition) is 1. The number of aryl methyl sites for hydroxylation is 1. The van der Waals surface area contributed by atoms with Crippen LogP contribution in [0.15, 0.2) is 24.3 Å². The van der Waals surface area contributed by atoms with Gasteiger partial charge in [0.15, 0.2) is 0 Å². The summed E-state index contributed by atoms with van der Waals surface area (Å²) < 4.78 is 0. The predicted octanol–water partition coefficient (Wildman–Crippen LogP) is 3.75. The van der Waals surface area contributed by atoms with Crippen molar-refractivity contribution in [3.63, 3.8) is 0 Å². The summed E-state index contributed by atoms with van der Waals surface area (Å²) in [6, 6.07) is 8.82. The highest BCUT2D eigenvalue weighted by Gasteiger charge is 1.96. The lowest BCUT2D eigenvalue weighted by atomic mass is 10.1. The Morgan fingerprint density at radius 3 is 2.38 bits per heavy atom. The zero-order valence-electron chi connectivity index (χ0n) is 10.3. The fourth-order valence-electron chi connectivity index (χ4n) is 1.63. The average Bonchev–Trinajstić information content (AvgIpc) is 2.29. The third-order valence-corrected chi connectivity index (χ3v) is 2.93. The van der Waals surface area contributed by atoms with Gasteiger partial charge in [0.2, 0.25) is 0 Å². The Morgan fingerprint density at radius 1 is 1.19 bits per heavy atom. The number of nitrogens with one attached hydrogen (secondary N) is 1. The van der Waals surface area contributed by atoms with Crippen LogP contribution in [0.25, 0.3) is 0 Å². The summed E-state index contributed by atoms with van der Waals surface area (Å²) in [4.78, 5) is 0. The molecule has 0 heterocycles. The standard InChI is InChI=1S/C14H22ClN/c1-3-13-6-8-14(9-7-13)11-16-10-4-5-12(2)15/h6-9,12,16H,3-5,10-11H2,1-2H3. The fraction of sp³-hybridized carbons (Fsp3) is 0.571. The summed E-state index contributed by atoms with van der Waals surface area (Å²) in [7, 11) is 0. The highest BCUT2D eigenvalue weighted by molar-refractivity contribution is 6.20. The third kappa shape index (κ3) is 5.53. The molecule has 1 rings (SSSR count). The van der Waals surface area contributed by atoms with Crippen LogP contribution in [0.5, 0.6) is 0 Å². The minimum atomic E-state index is 0.297. The first-order chi connectivity index (χ1) is 7.72. The second-order valence-corrected chi connectivity index (χ2v) is 5.01. The molecule has 2 heteroatoms. The van der Waals surface area contributed by atoms with Gasteiger partial charge in [-0.2, -0.15) is 0 Å². The quantitative estimate of drug-likeness (QED) is 0.565. The van der Waals surface area contributed by atoms with Crippen molar-refractivity contribution in [2.45, 2.75) is 45.0 Å². The molecule has 0 fully saturated rings. The van der Waals surface area contributed by atoms with Crippen molar-refractivity contribution in [3.05, 3.63) is 35.4 Å². The van der Waals surface area contributed by atoms with Gasteiger partial charge in [0.1, 0.15) is 0 Å². The topological polar surface area (TPSA) is 12.0 Å². The third-order valence-electron chi connectivity index (χ3n) is 2.72. The molecular formula is C14H22ClN. The number of alkyl halides is 1. The minimum Gasteiger partial charge on any atom is -0.313 e. The van der Waals surface area contributed by atoms with Crippen LogP contribution in [0.4, 0.5) is 0 Å². The molecule has 1 nitrogen and oxygen atoms in total. The van der Waals surface area contributed by atoms with Gasteiger partial charge >= 0.3 is 0 Å². The Bertz CT molecular complexity index is 279. The SMILES string of the molecule is CCc1ccc(CNCCCC(C)Cl)cc1. The zero-order chi connectivity index (χ0) is 11.8. The summed E-state index contributed by atoms with van der Waals surface area (Å²) in [6.45, 7) is 6.23. The molecule has 0 aliphatic carbocycles. The highest BCUT2D eigenvalue weighted by atomic mass is 35.5. The van der Waals surface area contributed by atoms with Gasteiger partial charge in [-0.1, -0.05) is 31.2 Å². The van der Waals surface area contributed by atoms with E-state index in [1.807, 2.05) is 6.92 Å². The maximum absolute atomic E-state index is 5.88. The van der Waals surface area contributed by atoms with Gasteiger partial charge < -0.3 is 5.32 Å². The lowest BCUT2D eigenvalue weighted by Crippen LogP contribution is -2.15. The molecule has 0 aromatic heterocycles. The predicted molar refractivity (Wildman–Crippen MR) is 72.1 cm³/mol. The van der Waals surface area contributed by atoms with Gasteiger partial charge in [-0.3, -0.25) is 0 Å². The van der Waals surface area contributed by atoms with Crippen LogP contribution in [0.3, 0.4) is 0 Å². The molecule has 90 valence electrons. The maximum Gasteiger partial charge on any atom is 0.0308 e. The number of hydrogen-bond donors (Lipinski definition) is 1. The summed E-state index contributed by atoms with van der Waals surface area (Å²) in [5.74, 6) is 0. The van der Waals surface area contributed by atoms with Crippen molar-refractivity contribution < 1.29 is 0 Å². The molecule has 0 amide bonds. The largest absolute Gasteiger partial charge is 0.313 e. The maximum atomic E-state index is 5.88. The molecule has 1 aromatic rings. The molecule has 1 aromatic carbocycles. The first kappa shape index (κ1) is 13.5. The van der Waals surface area contributed by atoms with E-state index in [9.17, 15) is 0 Å². The minimum absolute atomic E-state index is 0.297. The Labute approximate surface area is 104 Å². The normalized spacial score (nSPS) is 12.7. The number of rotatable bonds is 7. The van der Waals surface area contributed by atoms with Gasteiger partial charge in [0.05, 0.1) is 0 Å². The van der Waals surface area contributed by atoms with Crippen LogP contribution in [0.1, 0.15) is 37.8 Å². The van der Waals surface area contributed by atoms with Crippen LogP contribution in [0, 0.1) is 0 Å². The highest BCUT2D eigenvalue weighted by Crippen LogP contribution is 2.05. The van der Waals surface area contributed by atoms with Gasteiger partial charge in [0, 0.05) is 11.9 Å². The van der Waals surface area contributed by atoms with Crippen LogP contribution >= 0.6 is 11.6 Å². The Balaban J connectivity index is 2.16. The second-order valence-electron chi connectivity index (χ2n) is 4.27. The second kappa shape index (κ2) is 7.70. The van der Waals surface area contributed by atoms with E-state index >= 15 is 0 Å². The van der Waals surface area contributed by atoms with Crippen LogP contribution in [-0.4, -0.2) is 11.9 Å². The lowest BCUT2D eigenvalue weighted by Gasteiger charge is -2.06. The smallest absolute Gasteiger partial charge is 0.0308 e. The van der Waals surface area contributed by atoms with Crippen LogP contribution < -0.4 is 5.32 Å². The molecule has 0 bridgehead atoms. The summed E-state index contributed by atoms with van der Waals surface area (Å²) in [5.41, 5.74) is 2.76. The van der Waals surface area contributed by atoms with E-state index < -0.39 is 0 Å². The molecule has 1 unspecified atom stereocenters. The van der Waals surface area contributed by atoms with Crippen molar-refractivity contribution in [1.29, 1.82) is 0 Å². The first-order valence-electron chi connectivity index (χ1n) is 6.15. The Hall–Kier alpha value is -0.530. The molecule has 0 radical (unpaired) electrons. The van der Waals surface area contributed by atoms with Gasteiger partial charge in [-0.15, -0.1) is 11.6 Å². The van der Waals surface area contributed by atoms with Crippen molar-refractivity contribution in [2.24, 2.45) is 0 Å². The van der Waals surface area contributed by atoms with Crippen LogP contribution in [0.2, 0.25) is 0 Å². The van der Waals surface area contributed by atoms with Gasteiger partial charge in [0.25, 0.3) is 0 Å². The summed E-state index contributed by atoms with van der Waals surface area (Å²) in [6.07, 6.45) is 3.35. The monoisotopic (exact) mass is 239 g/mol. The molecule has 0 saturated carbocycles. The van der Waals surface area contributed by atoms with E-state index in [-0.39, 0.29) is 0 Å². The van der Waals surface area contributed by atoms with E-state index in [2.05, 4.69) is 36.5 Å². The van der Waals surface area contributed by atoms with E-state index in [0.29, 0.717) is 5.38 Å². The van der Waals surface area contributed by atoms with E-state index in [1.165, 1.54) is 11.1 Å². The van der Waals surface area contributed by atoms with Crippen molar-refractivity contribution in [1.82, 2.24) is 5.32 Å². The summed E-state index contributed by atoms with van der Waals surface area (Å²) >= 11 is 5.88. The summed E-state index contributed by atoms with van der Waals surface area (Å²) in [5, 5.41) is 3.73. The molecule has 0 aliphatic heterocycles. The Morgan fingerprint density at radius 2 is 1.81 bits per heavy atom. The van der Waals surface area contributed by atoms with Crippen LogP contribution in [-0.2, 0) is 13.0 Å². The van der Waals surface area contributed by atoms with Crippen molar-refractivity contribution in [2.75, 3.05) is 6.54 Å². The fourth-order valence-corrected chi connectivity index (χ4v) is 1.79. The molecule has 0 spiro atoms. The number of benzene rings is 1. The molecular weight excluding hydrogens is 218 g/mol. The average molecular weight is 240 g/mol. The molecule has 16 heavy (non-hydrogen) atoms. The van der Waals surface area contributed by atoms with Gasteiger partial charge in [-0.25, -0.2) is 0 Å². The van der Waals surface area contributed by atoms with Gasteiger partial charge in [-0.05, 0) is 43.9 Å². The lowest BCUT2D eigenvalue weighted by molar-refractivity contribution is 0.619. The molecule has 0 aliphatic rings. The van der Waals surface area contributed by atoms with E-state index in [4.69, 9.17) is 11.6 Å². The first-order valence-corrected chi connectivity index (χ1v) is 6.58. The van der Waals surface area contributed by atoms with E-state index in [1.54, 1.807) is 0 Å². The molecule has 0 saturated heterocycles. The molecule has 1 atom stereocenters. The number of halogens is 1. The Kier molecular flexibility index (Phi) is 6.51. The van der Waals surface area contributed by atoms with Crippen molar-refractivity contribution >= 4 is 11.6 Å². The van der Waals surface area contributed by atoms with E-state index in [0.717, 1.165) is 32.4 Å².